The maximum atomic E-state index is 13.1. The van der Waals surface area contributed by atoms with Gasteiger partial charge in [0.2, 0.25) is 0 Å². The fourth-order valence-electron chi connectivity index (χ4n) is 5.21. The molecule has 9 nitrogen and oxygen atoms in total. The van der Waals surface area contributed by atoms with Gasteiger partial charge in [0, 0.05) is 49.6 Å². The van der Waals surface area contributed by atoms with Crippen molar-refractivity contribution in [2.45, 2.75) is 50.4 Å². The second kappa shape index (κ2) is 10.5. The molecule has 1 aliphatic heterocycles. The molecule has 2 aromatic heterocycles. The molecule has 9 heteroatoms. The smallest absolute Gasteiger partial charge is 0.317 e. The number of rotatable bonds is 7. The average molecular weight is 489 g/mol. The van der Waals surface area contributed by atoms with Crippen LogP contribution in [0.2, 0.25) is 0 Å². The van der Waals surface area contributed by atoms with E-state index in [4.69, 9.17) is 10.5 Å². The topological polar surface area (TPSA) is 115 Å². The van der Waals surface area contributed by atoms with E-state index in [-0.39, 0.29) is 24.1 Å². The number of nitrogens with zero attached hydrogens (tertiary/aromatic N) is 4. The van der Waals surface area contributed by atoms with Crippen LogP contribution in [0.3, 0.4) is 0 Å². The van der Waals surface area contributed by atoms with Crippen molar-refractivity contribution in [2.75, 3.05) is 13.1 Å². The van der Waals surface area contributed by atoms with E-state index >= 15 is 0 Å². The summed E-state index contributed by atoms with van der Waals surface area (Å²) in [6.45, 7) is 1.64. The first kappa shape index (κ1) is 24.0. The van der Waals surface area contributed by atoms with Crippen molar-refractivity contribution in [3.05, 3.63) is 71.8 Å². The van der Waals surface area contributed by atoms with E-state index in [0.29, 0.717) is 31.0 Å². The minimum absolute atomic E-state index is 0.00154. The largest absolute Gasteiger partial charge is 0.371 e. The van der Waals surface area contributed by atoms with Crippen LogP contribution in [-0.4, -0.2) is 56.8 Å². The number of carbonyl (C=O) groups excluding carboxylic acids is 2. The summed E-state index contributed by atoms with van der Waals surface area (Å²) in [6.07, 6.45) is 8.95. The zero-order valence-electron chi connectivity index (χ0n) is 20.5. The Morgan fingerprint density at radius 2 is 1.97 bits per heavy atom. The molecule has 36 heavy (non-hydrogen) atoms. The fraction of sp³-hybridized carbons (Fsp3) is 0.407. The lowest BCUT2D eigenvalue weighted by Crippen LogP contribution is -2.47. The summed E-state index contributed by atoms with van der Waals surface area (Å²) in [5.74, 6) is -0.564. The van der Waals surface area contributed by atoms with Crippen molar-refractivity contribution in [1.82, 2.24) is 25.0 Å². The summed E-state index contributed by atoms with van der Waals surface area (Å²) >= 11 is 0. The van der Waals surface area contributed by atoms with Gasteiger partial charge in [0.15, 0.2) is 0 Å². The first-order chi connectivity index (χ1) is 17.5. The zero-order chi connectivity index (χ0) is 25.1. The number of likely N-dealkylation sites (tertiary alicyclic amines) is 1. The van der Waals surface area contributed by atoms with Gasteiger partial charge in [-0.25, -0.2) is 4.79 Å². The van der Waals surface area contributed by atoms with Crippen LogP contribution in [0.1, 0.15) is 53.2 Å². The number of aryl methyl sites for hydroxylation is 1. The van der Waals surface area contributed by atoms with E-state index in [2.05, 4.69) is 15.4 Å². The number of hydrogen-bond acceptors (Lipinski definition) is 5. The minimum Gasteiger partial charge on any atom is -0.371 e. The van der Waals surface area contributed by atoms with Crippen LogP contribution in [0.5, 0.6) is 0 Å². The van der Waals surface area contributed by atoms with E-state index in [1.807, 2.05) is 43.6 Å². The molecule has 0 radical (unpaired) electrons. The standard InChI is InChI=1S/C27H32N6O3/c1-32-15-21(14-30-32)20-12-22(26(28)34)25(29-13-20)19-10-11-33(16-19)27(35)31-23-8-5-9-24(23)36-17-18-6-3-2-4-7-18/h2-4,6-7,12-15,19,23-24H,5,8-11,16-17H2,1H3,(H2,28,34)(H,31,35)/t19-,23+,24+/m1/s1. The number of nitrogens with two attached hydrogens (primary N) is 1. The highest BCUT2D eigenvalue weighted by Gasteiger charge is 2.34. The van der Waals surface area contributed by atoms with Gasteiger partial charge in [-0.2, -0.15) is 5.10 Å². The number of nitrogens with one attached hydrogen (secondary N) is 1. The van der Waals surface area contributed by atoms with E-state index in [1.165, 1.54) is 0 Å². The Labute approximate surface area is 210 Å². The number of pyridine rings is 1. The third-order valence-corrected chi connectivity index (χ3v) is 7.15. The van der Waals surface area contributed by atoms with E-state index in [0.717, 1.165) is 42.4 Å². The number of carbonyl (C=O) groups is 2. The summed E-state index contributed by atoms with van der Waals surface area (Å²) in [5, 5.41) is 7.37. The van der Waals surface area contributed by atoms with Gasteiger partial charge in [0.05, 0.1) is 36.2 Å². The Balaban J connectivity index is 1.21. The van der Waals surface area contributed by atoms with Crippen molar-refractivity contribution in [2.24, 2.45) is 12.8 Å². The number of aromatic nitrogens is 3. The molecule has 188 valence electrons. The lowest BCUT2D eigenvalue weighted by Gasteiger charge is -2.25. The Morgan fingerprint density at radius 3 is 2.72 bits per heavy atom. The van der Waals surface area contributed by atoms with Crippen LogP contribution in [-0.2, 0) is 18.4 Å². The molecule has 0 unspecified atom stereocenters. The summed E-state index contributed by atoms with van der Waals surface area (Å²) in [7, 11) is 1.83. The molecule has 1 saturated heterocycles. The number of hydrogen-bond donors (Lipinski definition) is 2. The van der Waals surface area contributed by atoms with Gasteiger partial charge in [-0.15, -0.1) is 0 Å². The predicted octanol–water partition coefficient (Wildman–Crippen LogP) is 3.22. The van der Waals surface area contributed by atoms with Gasteiger partial charge < -0.3 is 20.7 Å². The molecule has 1 saturated carbocycles. The molecule has 0 spiro atoms. The normalized spacial score (nSPS) is 21.6. The molecule has 2 fully saturated rings. The number of urea groups is 1. The van der Waals surface area contributed by atoms with Crippen molar-refractivity contribution in [1.29, 1.82) is 0 Å². The zero-order valence-corrected chi connectivity index (χ0v) is 20.5. The Hall–Kier alpha value is -3.72. The molecular formula is C27H32N6O3. The molecule has 0 bridgehead atoms. The van der Waals surface area contributed by atoms with Crippen LogP contribution in [0.4, 0.5) is 4.79 Å². The van der Waals surface area contributed by atoms with Crippen LogP contribution < -0.4 is 11.1 Å². The molecule has 3 heterocycles. The third kappa shape index (κ3) is 5.26. The van der Waals surface area contributed by atoms with Crippen LogP contribution in [0.25, 0.3) is 11.1 Å². The van der Waals surface area contributed by atoms with Crippen molar-refractivity contribution in [3.63, 3.8) is 0 Å². The number of primary amides is 1. The SMILES string of the molecule is Cn1cc(-c2cnc([C@@H]3CCN(C(=O)N[C@H]4CCC[C@@H]4OCc4ccccc4)C3)c(C(N)=O)c2)cn1. The maximum absolute atomic E-state index is 13.1. The lowest BCUT2D eigenvalue weighted by atomic mass is 9.97. The quantitative estimate of drug-likeness (QED) is 0.530. The second-order valence-corrected chi connectivity index (χ2v) is 9.68. The number of ether oxygens (including phenoxy) is 1. The van der Waals surface area contributed by atoms with Gasteiger partial charge in [-0.05, 0) is 37.3 Å². The molecule has 3 atom stereocenters. The Kier molecular flexibility index (Phi) is 6.99. The fourth-order valence-corrected chi connectivity index (χ4v) is 5.21. The average Bonchev–Trinajstić information content (AvgIpc) is 3.64. The van der Waals surface area contributed by atoms with Gasteiger partial charge in [-0.1, -0.05) is 30.3 Å². The molecule has 3 amide bonds. The Bertz CT molecular complexity index is 1230. The highest BCUT2D eigenvalue weighted by atomic mass is 16.5. The van der Waals surface area contributed by atoms with E-state index < -0.39 is 5.91 Å². The third-order valence-electron chi connectivity index (χ3n) is 7.15. The minimum atomic E-state index is -0.518. The van der Waals surface area contributed by atoms with Gasteiger partial charge in [0.25, 0.3) is 5.91 Å². The molecule has 3 aromatic rings. The molecular weight excluding hydrogens is 456 g/mol. The predicted molar refractivity (Wildman–Crippen MR) is 135 cm³/mol. The highest BCUT2D eigenvalue weighted by Crippen LogP contribution is 2.31. The van der Waals surface area contributed by atoms with Gasteiger partial charge in [-0.3, -0.25) is 14.5 Å². The lowest BCUT2D eigenvalue weighted by molar-refractivity contribution is 0.0291. The Morgan fingerprint density at radius 1 is 1.14 bits per heavy atom. The maximum Gasteiger partial charge on any atom is 0.317 e. The van der Waals surface area contributed by atoms with Crippen molar-refractivity contribution in [3.8, 4) is 11.1 Å². The first-order valence-electron chi connectivity index (χ1n) is 12.5. The summed E-state index contributed by atoms with van der Waals surface area (Å²) in [6, 6.07) is 11.8. The van der Waals surface area contributed by atoms with Crippen LogP contribution >= 0.6 is 0 Å². The van der Waals surface area contributed by atoms with Gasteiger partial charge in [0.1, 0.15) is 0 Å². The second-order valence-electron chi connectivity index (χ2n) is 9.68. The number of benzene rings is 1. The van der Waals surface area contributed by atoms with Crippen LogP contribution in [0, 0.1) is 0 Å². The van der Waals surface area contributed by atoms with Gasteiger partial charge >= 0.3 is 6.03 Å². The first-order valence-corrected chi connectivity index (χ1v) is 12.5. The molecule has 3 N–H and O–H groups in total. The number of amides is 3. The molecule has 1 aromatic carbocycles. The highest BCUT2D eigenvalue weighted by molar-refractivity contribution is 5.95. The summed E-state index contributed by atoms with van der Waals surface area (Å²) in [5.41, 5.74) is 9.55. The summed E-state index contributed by atoms with van der Waals surface area (Å²) < 4.78 is 7.84. The van der Waals surface area contributed by atoms with Crippen molar-refractivity contribution < 1.29 is 14.3 Å². The summed E-state index contributed by atoms with van der Waals surface area (Å²) in [4.78, 5) is 31.8. The van der Waals surface area contributed by atoms with E-state index in [9.17, 15) is 9.59 Å². The van der Waals surface area contributed by atoms with Crippen molar-refractivity contribution >= 4 is 11.9 Å². The molecule has 2 aliphatic rings. The molecule has 5 rings (SSSR count). The van der Waals surface area contributed by atoms with E-state index in [1.54, 1.807) is 28.0 Å². The monoisotopic (exact) mass is 488 g/mol. The van der Waals surface area contributed by atoms with Crippen LogP contribution in [0.15, 0.2) is 55.0 Å². The molecule has 1 aliphatic carbocycles.